The van der Waals surface area contributed by atoms with Crippen molar-refractivity contribution in [3.8, 4) is 0 Å². The van der Waals surface area contributed by atoms with Crippen LogP contribution >= 0.6 is 11.3 Å². The van der Waals surface area contributed by atoms with Gasteiger partial charge in [-0.15, -0.1) is 11.3 Å². The molecule has 0 bridgehead atoms. The lowest BCUT2D eigenvalue weighted by Gasteiger charge is -2.33. The summed E-state index contributed by atoms with van der Waals surface area (Å²) in [6.45, 7) is 3.61. The molecule has 0 spiro atoms. The summed E-state index contributed by atoms with van der Waals surface area (Å²) in [5.41, 5.74) is 0.726. The minimum absolute atomic E-state index is 0.174. The van der Waals surface area contributed by atoms with E-state index in [9.17, 15) is 15.0 Å². The largest absolute Gasteiger partial charge is 0.477 e. The van der Waals surface area contributed by atoms with Crippen molar-refractivity contribution in [1.29, 1.82) is 0 Å². The first kappa shape index (κ1) is 14.2. The molecule has 1 aliphatic heterocycles. The van der Waals surface area contributed by atoms with E-state index in [1.165, 1.54) is 17.7 Å². The molecule has 1 atom stereocenters. The molecular formula is C14H17N3O3S. The second kappa shape index (κ2) is 5.57. The highest BCUT2D eigenvalue weighted by Crippen LogP contribution is 2.36. The number of hydrogen-bond donors (Lipinski definition) is 2. The van der Waals surface area contributed by atoms with Crippen LogP contribution in [0.4, 0.5) is 5.82 Å². The highest BCUT2D eigenvalue weighted by atomic mass is 32.1. The standard InChI is InChI=1S/C14H17N3O3S/c1-8-10-12(17-4-2-3-9(5-17)6-18)15-7-16-13(10)21-11(8)14(19)20/h7,9,18H,2-6H2,1H3,(H,19,20). The van der Waals surface area contributed by atoms with E-state index in [2.05, 4.69) is 14.9 Å². The highest BCUT2D eigenvalue weighted by Gasteiger charge is 2.25. The van der Waals surface area contributed by atoms with E-state index in [4.69, 9.17) is 0 Å². The number of piperidine rings is 1. The van der Waals surface area contributed by atoms with E-state index < -0.39 is 5.97 Å². The predicted octanol–water partition coefficient (Wildman–Crippen LogP) is 1.91. The number of carbonyl (C=O) groups is 1. The van der Waals surface area contributed by atoms with E-state index >= 15 is 0 Å². The van der Waals surface area contributed by atoms with Gasteiger partial charge in [0.15, 0.2) is 0 Å². The lowest BCUT2D eigenvalue weighted by Crippen LogP contribution is -2.37. The summed E-state index contributed by atoms with van der Waals surface area (Å²) < 4.78 is 0. The third-order valence-corrected chi connectivity index (χ3v) is 5.17. The monoisotopic (exact) mass is 307 g/mol. The molecular weight excluding hydrogens is 290 g/mol. The average molecular weight is 307 g/mol. The zero-order chi connectivity index (χ0) is 15.0. The molecule has 1 saturated heterocycles. The number of hydrogen-bond acceptors (Lipinski definition) is 6. The van der Waals surface area contributed by atoms with Gasteiger partial charge in [0.2, 0.25) is 0 Å². The Balaban J connectivity index is 2.08. The SMILES string of the molecule is Cc1c(C(=O)O)sc2ncnc(N3CCCC(CO)C3)c12. The first-order valence-electron chi connectivity index (χ1n) is 6.95. The van der Waals surface area contributed by atoms with Crippen molar-refractivity contribution in [2.24, 2.45) is 5.92 Å². The number of aliphatic hydroxyl groups is 1. The summed E-state index contributed by atoms with van der Waals surface area (Å²) in [4.78, 5) is 23.1. The van der Waals surface area contributed by atoms with Crippen LogP contribution in [0.15, 0.2) is 6.33 Å². The van der Waals surface area contributed by atoms with Crippen molar-refractivity contribution in [1.82, 2.24) is 9.97 Å². The number of carboxylic acid groups (broad SMARTS) is 1. The van der Waals surface area contributed by atoms with Crippen LogP contribution in [-0.2, 0) is 0 Å². The molecule has 0 amide bonds. The third kappa shape index (κ3) is 2.47. The molecule has 2 N–H and O–H groups in total. The molecule has 3 rings (SSSR count). The maximum absolute atomic E-state index is 11.3. The van der Waals surface area contributed by atoms with Crippen LogP contribution in [0.2, 0.25) is 0 Å². The van der Waals surface area contributed by atoms with Crippen LogP contribution < -0.4 is 4.90 Å². The van der Waals surface area contributed by atoms with Gasteiger partial charge < -0.3 is 15.1 Å². The number of thiophene rings is 1. The molecule has 0 saturated carbocycles. The van der Waals surface area contributed by atoms with Gasteiger partial charge in [-0.25, -0.2) is 14.8 Å². The lowest BCUT2D eigenvalue weighted by atomic mass is 9.99. The molecule has 2 aromatic heterocycles. The molecule has 7 heteroatoms. The van der Waals surface area contributed by atoms with Gasteiger partial charge in [0.25, 0.3) is 0 Å². The van der Waals surface area contributed by atoms with E-state index in [0.29, 0.717) is 9.71 Å². The van der Waals surface area contributed by atoms with Gasteiger partial charge in [-0.2, -0.15) is 0 Å². The number of aliphatic hydroxyl groups excluding tert-OH is 1. The molecule has 2 aromatic rings. The second-order valence-corrected chi connectivity index (χ2v) is 6.37. The predicted molar refractivity (Wildman–Crippen MR) is 81.1 cm³/mol. The van der Waals surface area contributed by atoms with Crippen molar-refractivity contribution in [3.63, 3.8) is 0 Å². The Kier molecular flexibility index (Phi) is 3.77. The fraction of sp³-hybridized carbons (Fsp3) is 0.500. The Hall–Kier alpha value is -1.73. The van der Waals surface area contributed by atoms with Gasteiger partial charge in [-0.3, -0.25) is 0 Å². The molecule has 0 radical (unpaired) electrons. The molecule has 112 valence electrons. The number of anilines is 1. The zero-order valence-corrected chi connectivity index (χ0v) is 12.6. The summed E-state index contributed by atoms with van der Waals surface area (Å²) in [6, 6.07) is 0. The van der Waals surface area contributed by atoms with Gasteiger partial charge in [-0.05, 0) is 31.2 Å². The van der Waals surface area contributed by atoms with Gasteiger partial charge in [0.1, 0.15) is 21.9 Å². The number of rotatable bonds is 3. The van der Waals surface area contributed by atoms with Crippen LogP contribution in [0.25, 0.3) is 10.2 Å². The van der Waals surface area contributed by atoms with Crippen LogP contribution in [0, 0.1) is 12.8 Å². The summed E-state index contributed by atoms with van der Waals surface area (Å²) in [5, 5.41) is 19.5. The summed E-state index contributed by atoms with van der Waals surface area (Å²) in [5.74, 6) is 0.120. The summed E-state index contributed by atoms with van der Waals surface area (Å²) >= 11 is 1.19. The van der Waals surface area contributed by atoms with Crippen LogP contribution in [0.5, 0.6) is 0 Å². The van der Waals surface area contributed by atoms with E-state index in [0.717, 1.165) is 42.7 Å². The van der Waals surface area contributed by atoms with E-state index in [1.54, 1.807) is 0 Å². The van der Waals surface area contributed by atoms with Crippen molar-refractivity contribution >= 4 is 33.3 Å². The lowest BCUT2D eigenvalue weighted by molar-refractivity contribution is 0.0701. The Labute approximate surface area is 126 Å². The minimum atomic E-state index is -0.923. The fourth-order valence-electron chi connectivity index (χ4n) is 2.90. The normalized spacial score (nSPS) is 19.1. The smallest absolute Gasteiger partial charge is 0.346 e. The number of carboxylic acids is 1. The third-order valence-electron chi connectivity index (χ3n) is 3.98. The Morgan fingerprint density at radius 3 is 3.05 bits per heavy atom. The summed E-state index contributed by atoms with van der Waals surface area (Å²) in [6.07, 6.45) is 3.51. The number of aromatic carboxylic acids is 1. The molecule has 1 unspecified atom stereocenters. The Bertz CT molecular complexity index is 685. The summed E-state index contributed by atoms with van der Waals surface area (Å²) in [7, 11) is 0. The molecule has 3 heterocycles. The van der Waals surface area contributed by atoms with E-state index in [-0.39, 0.29) is 12.5 Å². The number of aryl methyl sites for hydroxylation is 1. The minimum Gasteiger partial charge on any atom is -0.477 e. The second-order valence-electron chi connectivity index (χ2n) is 5.38. The molecule has 0 aliphatic carbocycles. The van der Waals surface area contributed by atoms with Gasteiger partial charge in [-0.1, -0.05) is 0 Å². The molecule has 1 aliphatic rings. The number of nitrogens with zero attached hydrogens (tertiary/aromatic N) is 3. The first-order valence-corrected chi connectivity index (χ1v) is 7.76. The molecule has 0 aromatic carbocycles. The number of aromatic nitrogens is 2. The van der Waals surface area contributed by atoms with Crippen molar-refractivity contribution in [3.05, 3.63) is 16.8 Å². The quantitative estimate of drug-likeness (QED) is 0.901. The first-order chi connectivity index (χ1) is 10.1. The van der Waals surface area contributed by atoms with Crippen molar-refractivity contribution < 1.29 is 15.0 Å². The Morgan fingerprint density at radius 2 is 2.33 bits per heavy atom. The fourth-order valence-corrected chi connectivity index (χ4v) is 3.89. The van der Waals surface area contributed by atoms with Gasteiger partial charge in [0, 0.05) is 19.7 Å². The van der Waals surface area contributed by atoms with Crippen LogP contribution in [0.3, 0.4) is 0 Å². The molecule has 1 fully saturated rings. The highest BCUT2D eigenvalue weighted by molar-refractivity contribution is 7.20. The maximum Gasteiger partial charge on any atom is 0.346 e. The molecule has 6 nitrogen and oxygen atoms in total. The topological polar surface area (TPSA) is 86.5 Å². The van der Waals surface area contributed by atoms with E-state index in [1.807, 2.05) is 6.92 Å². The maximum atomic E-state index is 11.3. The van der Waals surface area contributed by atoms with Crippen molar-refractivity contribution in [2.45, 2.75) is 19.8 Å². The van der Waals surface area contributed by atoms with Gasteiger partial charge in [0.05, 0.1) is 5.39 Å². The zero-order valence-electron chi connectivity index (χ0n) is 11.7. The Morgan fingerprint density at radius 1 is 1.52 bits per heavy atom. The average Bonchev–Trinajstić information content (AvgIpc) is 2.85. The van der Waals surface area contributed by atoms with Crippen molar-refractivity contribution in [2.75, 3.05) is 24.6 Å². The van der Waals surface area contributed by atoms with Crippen LogP contribution in [0.1, 0.15) is 28.1 Å². The number of fused-ring (bicyclic) bond motifs is 1. The van der Waals surface area contributed by atoms with Crippen LogP contribution in [-0.4, -0.2) is 45.8 Å². The van der Waals surface area contributed by atoms with Gasteiger partial charge >= 0.3 is 5.97 Å². The molecule has 21 heavy (non-hydrogen) atoms.